The first-order valence-electron chi connectivity index (χ1n) is 15.1. The highest BCUT2D eigenvalue weighted by atomic mass is 28.4. The number of hydrogen-bond acceptors (Lipinski definition) is 7. The second-order valence-electron chi connectivity index (χ2n) is 15.0. The lowest BCUT2D eigenvalue weighted by molar-refractivity contribution is -0.186. The molecule has 41 heavy (non-hydrogen) atoms. The summed E-state index contributed by atoms with van der Waals surface area (Å²) in [4.78, 5) is 0. The van der Waals surface area contributed by atoms with E-state index in [1.54, 1.807) is 14.2 Å². The number of hydrogen-bond donors (Lipinski definition) is 1. The third-order valence-electron chi connectivity index (χ3n) is 9.16. The van der Waals surface area contributed by atoms with Gasteiger partial charge in [-0.3, -0.25) is 0 Å². The van der Waals surface area contributed by atoms with E-state index in [2.05, 4.69) is 85.6 Å². The number of ether oxygens (including phenoxy) is 4. The van der Waals surface area contributed by atoms with Crippen molar-refractivity contribution in [2.75, 3.05) is 41.0 Å². The average Bonchev–Trinajstić information content (AvgIpc) is 2.86. The van der Waals surface area contributed by atoms with Crippen LogP contribution < -0.4 is 0 Å². The van der Waals surface area contributed by atoms with E-state index in [4.69, 9.17) is 27.8 Å². The Bertz CT molecular complexity index is 875. The van der Waals surface area contributed by atoms with Crippen LogP contribution in [0.1, 0.15) is 74.7 Å². The van der Waals surface area contributed by atoms with E-state index in [1.165, 1.54) is 0 Å². The predicted octanol–water partition coefficient (Wildman–Crippen LogP) is 7.13. The standard InChI is InChI=1S/C32H62O7Si2/c1-30(2,3)40(11,12)38-21-25-17-15-16-18-26(25)27(33)19-20-32(7,8)29(37-24-35-10)28(36-23-34-9)22-39-41(13,14)31(4,5)6/h17,26-29,33H,15-16,18,21-24H2,1-14H3/t26-,27-,28+,29-/m0/s1. The molecule has 0 aromatic rings. The van der Waals surface area contributed by atoms with Crippen LogP contribution in [0.5, 0.6) is 0 Å². The average molecular weight is 615 g/mol. The molecule has 1 aliphatic rings. The van der Waals surface area contributed by atoms with Crippen molar-refractivity contribution in [1.82, 2.24) is 0 Å². The van der Waals surface area contributed by atoms with Crippen molar-refractivity contribution < 1.29 is 32.9 Å². The fourth-order valence-electron chi connectivity index (χ4n) is 4.21. The van der Waals surface area contributed by atoms with Crippen molar-refractivity contribution in [3.63, 3.8) is 0 Å². The summed E-state index contributed by atoms with van der Waals surface area (Å²) in [7, 11) is -0.753. The lowest BCUT2D eigenvalue weighted by Gasteiger charge is -2.40. The molecule has 0 saturated carbocycles. The van der Waals surface area contributed by atoms with E-state index < -0.39 is 40.4 Å². The van der Waals surface area contributed by atoms with Crippen molar-refractivity contribution in [1.29, 1.82) is 0 Å². The lowest BCUT2D eigenvalue weighted by atomic mass is 9.81. The fraction of sp³-hybridized carbons (Fsp3) is 0.875. The van der Waals surface area contributed by atoms with Gasteiger partial charge < -0.3 is 32.9 Å². The summed E-state index contributed by atoms with van der Waals surface area (Å²) in [6, 6.07) is 0. The number of aliphatic hydroxyl groups is 1. The molecule has 1 N–H and O–H groups in total. The third kappa shape index (κ3) is 11.8. The minimum Gasteiger partial charge on any atom is -0.414 e. The SMILES string of the molecule is COCO[C@H](CO[Si](C)(C)C(C)(C)C)[C@H](OCOC)C(C)(C)C#C[C@H](O)[C@H]1CCCC=C1CO[Si](C)(C)C(C)(C)C. The second-order valence-corrected chi connectivity index (χ2v) is 24.6. The molecule has 0 fully saturated rings. The van der Waals surface area contributed by atoms with Gasteiger partial charge in [-0.25, -0.2) is 0 Å². The Kier molecular flexibility index (Phi) is 15.0. The van der Waals surface area contributed by atoms with Crippen LogP contribution in [0.15, 0.2) is 11.6 Å². The Hall–Kier alpha value is -0.546. The molecule has 0 radical (unpaired) electrons. The largest absolute Gasteiger partial charge is 0.414 e. The molecule has 0 aliphatic heterocycles. The first-order chi connectivity index (χ1) is 18.7. The highest BCUT2D eigenvalue weighted by Gasteiger charge is 2.42. The van der Waals surface area contributed by atoms with Gasteiger partial charge in [-0.05, 0) is 74.9 Å². The molecule has 4 atom stereocenters. The van der Waals surface area contributed by atoms with E-state index in [9.17, 15) is 5.11 Å². The number of allylic oxidation sites excluding steroid dienone is 1. The normalized spacial score (nSPS) is 19.7. The van der Waals surface area contributed by atoms with Gasteiger partial charge in [0.2, 0.25) is 0 Å². The minimum absolute atomic E-state index is 0.0439. The maximum Gasteiger partial charge on any atom is 0.192 e. The van der Waals surface area contributed by atoms with Crippen LogP contribution in [0.2, 0.25) is 36.3 Å². The topological polar surface area (TPSA) is 75.6 Å². The molecule has 9 heteroatoms. The second kappa shape index (κ2) is 16.0. The van der Waals surface area contributed by atoms with Crippen LogP contribution in [0.3, 0.4) is 0 Å². The van der Waals surface area contributed by atoms with Crippen LogP contribution in [0, 0.1) is 23.2 Å². The molecule has 0 amide bonds. The minimum atomic E-state index is -2.04. The van der Waals surface area contributed by atoms with Crippen LogP contribution >= 0.6 is 0 Å². The molecule has 7 nitrogen and oxygen atoms in total. The maximum absolute atomic E-state index is 11.3. The van der Waals surface area contributed by atoms with Crippen LogP contribution in [0.25, 0.3) is 0 Å². The van der Waals surface area contributed by atoms with Crippen molar-refractivity contribution in [2.45, 2.75) is 129 Å². The quantitative estimate of drug-likeness (QED) is 0.0911. The predicted molar refractivity (Wildman–Crippen MR) is 173 cm³/mol. The first kappa shape index (κ1) is 38.5. The summed E-state index contributed by atoms with van der Waals surface area (Å²) in [5.74, 6) is 6.51. The summed E-state index contributed by atoms with van der Waals surface area (Å²) >= 11 is 0. The number of aliphatic hydroxyl groups excluding tert-OH is 1. The highest BCUT2D eigenvalue weighted by Crippen LogP contribution is 2.39. The zero-order chi connectivity index (χ0) is 31.7. The molecular weight excluding hydrogens is 553 g/mol. The maximum atomic E-state index is 11.3. The van der Waals surface area contributed by atoms with Gasteiger partial charge in [-0.1, -0.05) is 59.5 Å². The monoisotopic (exact) mass is 614 g/mol. The summed E-state index contributed by atoms with van der Waals surface area (Å²) in [6.07, 6.45) is 3.47. The van der Waals surface area contributed by atoms with Gasteiger partial charge in [-0.15, -0.1) is 0 Å². The van der Waals surface area contributed by atoms with Crippen LogP contribution in [-0.4, -0.2) is 81.1 Å². The lowest BCUT2D eigenvalue weighted by Crippen LogP contribution is -2.49. The first-order valence-corrected chi connectivity index (χ1v) is 20.9. The summed E-state index contributed by atoms with van der Waals surface area (Å²) in [5.41, 5.74) is 0.488. The zero-order valence-electron chi connectivity index (χ0n) is 28.7. The molecule has 0 unspecified atom stereocenters. The van der Waals surface area contributed by atoms with Gasteiger partial charge in [0.25, 0.3) is 0 Å². The Morgan fingerprint density at radius 2 is 1.41 bits per heavy atom. The molecule has 0 bridgehead atoms. The van der Waals surface area contributed by atoms with E-state index in [0.717, 1.165) is 24.8 Å². The summed E-state index contributed by atoms with van der Waals surface area (Å²) < 4.78 is 35.9. The molecule has 0 aromatic carbocycles. The van der Waals surface area contributed by atoms with E-state index >= 15 is 0 Å². The van der Waals surface area contributed by atoms with E-state index in [1.807, 2.05) is 13.8 Å². The van der Waals surface area contributed by atoms with E-state index in [0.29, 0.717) is 13.2 Å². The van der Waals surface area contributed by atoms with E-state index in [-0.39, 0.29) is 29.6 Å². The van der Waals surface area contributed by atoms with Gasteiger partial charge in [0, 0.05) is 20.1 Å². The Balaban J connectivity index is 3.20. The van der Waals surface area contributed by atoms with Crippen molar-refractivity contribution in [3.8, 4) is 11.8 Å². The Morgan fingerprint density at radius 3 is 1.95 bits per heavy atom. The van der Waals surface area contributed by atoms with Crippen molar-refractivity contribution >= 4 is 16.6 Å². The molecule has 0 heterocycles. The van der Waals surface area contributed by atoms with Crippen LogP contribution in [-0.2, 0) is 27.8 Å². The van der Waals surface area contributed by atoms with Gasteiger partial charge in [0.15, 0.2) is 16.6 Å². The van der Waals surface area contributed by atoms with Gasteiger partial charge in [0.05, 0.1) is 18.6 Å². The summed E-state index contributed by atoms with van der Waals surface area (Å²) in [5, 5.41) is 11.5. The zero-order valence-corrected chi connectivity index (χ0v) is 30.7. The Morgan fingerprint density at radius 1 is 0.878 bits per heavy atom. The highest BCUT2D eigenvalue weighted by molar-refractivity contribution is 6.74. The number of rotatable bonds is 15. The molecule has 240 valence electrons. The van der Waals surface area contributed by atoms with Gasteiger partial charge in [0.1, 0.15) is 31.9 Å². The fourth-order valence-corrected chi connectivity index (χ4v) is 6.18. The molecule has 0 aromatic heterocycles. The molecule has 1 aliphatic carbocycles. The third-order valence-corrected chi connectivity index (χ3v) is 18.1. The number of methoxy groups -OCH3 is 2. The van der Waals surface area contributed by atoms with Gasteiger partial charge >= 0.3 is 0 Å². The van der Waals surface area contributed by atoms with Crippen LogP contribution in [0.4, 0.5) is 0 Å². The molecule has 1 rings (SSSR count). The van der Waals surface area contributed by atoms with Crippen molar-refractivity contribution in [2.24, 2.45) is 11.3 Å². The summed E-state index contributed by atoms with van der Waals surface area (Å²) in [6.45, 7) is 27.5. The molecule has 0 saturated heterocycles. The Labute approximate surface area is 254 Å². The van der Waals surface area contributed by atoms with Crippen molar-refractivity contribution in [3.05, 3.63) is 11.6 Å². The molecular formula is C32H62O7Si2. The molecule has 0 spiro atoms. The smallest absolute Gasteiger partial charge is 0.192 e. The van der Waals surface area contributed by atoms with Gasteiger partial charge in [-0.2, -0.15) is 0 Å².